The van der Waals surface area contributed by atoms with E-state index in [1.54, 1.807) is 11.6 Å². The topological polar surface area (TPSA) is 109 Å². The van der Waals surface area contributed by atoms with Gasteiger partial charge in [0.25, 0.3) is 0 Å². The first-order valence-electron chi connectivity index (χ1n) is 11.8. The number of likely N-dealkylation sites (tertiary alicyclic amines) is 1. The molecule has 1 aromatic heterocycles. The Morgan fingerprint density at radius 1 is 1.17 bits per heavy atom. The number of carboxylic acid groups (broad SMARTS) is 1. The number of ether oxygens (including phenoxy) is 1. The Kier molecular flexibility index (Phi) is 6.39. The van der Waals surface area contributed by atoms with Crippen molar-refractivity contribution in [3.63, 3.8) is 0 Å². The molecule has 8 nitrogen and oxygen atoms in total. The molecule has 0 saturated carbocycles. The Labute approximate surface area is 206 Å². The molecule has 9 heteroatoms. The van der Waals surface area contributed by atoms with Crippen molar-refractivity contribution in [1.82, 2.24) is 15.2 Å². The Hall–Kier alpha value is -3.14. The molecule has 2 aliphatic heterocycles. The predicted molar refractivity (Wildman–Crippen MR) is 131 cm³/mol. The molecule has 0 radical (unpaired) electrons. The van der Waals surface area contributed by atoms with Crippen molar-refractivity contribution >= 4 is 39.9 Å². The van der Waals surface area contributed by atoms with Crippen molar-refractivity contribution in [1.29, 1.82) is 0 Å². The van der Waals surface area contributed by atoms with E-state index >= 15 is 0 Å². The van der Waals surface area contributed by atoms with Crippen LogP contribution in [0, 0.1) is 11.8 Å². The number of aromatic nitrogens is 1. The lowest BCUT2D eigenvalue weighted by molar-refractivity contribution is -0.151. The van der Waals surface area contributed by atoms with Crippen molar-refractivity contribution in [2.75, 3.05) is 19.8 Å². The van der Waals surface area contributed by atoms with Gasteiger partial charge in [0.05, 0.1) is 31.0 Å². The third-order valence-electron chi connectivity index (χ3n) is 6.95. The van der Waals surface area contributed by atoms with Crippen LogP contribution in [-0.2, 0) is 25.5 Å². The van der Waals surface area contributed by atoms with Crippen molar-refractivity contribution in [2.45, 2.75) is 31.3 Å². The molecule has 35 heavy (non-hydrogen) atoms. The van der Waals surface area contributed by atoms with Crippen LogP contribution in [-0.4, -0.2) is 58.1 Å². The fourth-order valence-corrected chi connectivity index (χ4v) is 6.13. The Balaban J connectivity index is 1.54. The van der Waals surface area contributed by atoms with Crippen LogP contribution in [0.1, 0.15) is 30.0 Å². The number of thiazole rings is 1. The van der Waals surface area contributed by atoms with Gasteiger partial charge in [-0.2, -0.15) is 0 Å². The average Bonchev–Trinajstić information content (AvgIpc) is 3.55. The van der Waals surface area contributed by atoms with Gasteiger partial charge in [0, 0.05) is 24.6 Å². The number of nitrogens with zero attached hydrogens (tertiary/aromatic N) is 2. The van der Waals surface area contributed by atoms with Gasteiger partial charge in [0.1, 0.15) is 10.5 Å². The van der Waals surface area contributed by atoms with Gasteiger partial charge < -0.3 is 9.84 Å². The fourth-order valence-electron chi connectivity index (χ4n) is 5.39. The molecule has 0 bridgehead atoms. The highest BCUT2D eigenvalue weighted by molar-refractivity contribution is 7.09. The summed E-state index contributed by atoms with van der Waals surface area (Å²) in [5.74, 6) is -3.86. The zero-order chi connectivity index (χ0) is 24.6. The fraction of sp³-hybridized carbons (Fsp3) is 0.385. The predicted octanol–water partition coefficient (Wildman–Crippen LogP) is 3.03. The summed E-state index contributed by atoms with van der Waals surface area (Å²) in [5, 5.41) is 18.2. The number of carbonyl (C=O) groups is 3. The molecule has 4 atom stereocenters. The van der Waals surface area contributed by atoms with Crippen LogP contribution < -0.4 is 5.32 Å². The molecule has 0 spiro atoms. The Morgan fingerprint density at radius 3 is 2.69 bits per heavy atom. The number of carbonyl (C=O) groups excluding carboxylic acids is 2. The quantitative estimate of drug-likeness (QED) is 0.348. The SMILES string of the molecule is CCCOCCN1C(=O)C2C(c3nccs3)NC(Cc3ccc4ccccc4c3)(C(=O)O)C2C1=O. The van der Waals surface area contributed by atoms with Gasteiger partial charge in [0.2, 0.25) is 11.8 Å². The maximum absolute atomic E-state index is 13.6. The second kappa shape index (κ2) is 9.49. The number of aliphatic carboxylic acids is 1. The Bertz CT molecular complexity index is 1260. The van der Waals surface area contributed by atoms with Crippen molar-refractivity contribution in [3.8, 4) is 0 Å². The molecule has 3 heterocycles. The smallest absolute Gasteiger partial charge is 0.325 e. The number of carboxylic acids is 1. The summed E-state index contributed by atoms with van der Waals surface area (Å²) >= 11 is 1.35. The minimum atomic E-state index is -1.64. The molecular weight excluding hydrogens is 466 g/mol. The largest absolute Gasteiger partial charge is 0.480 e. The highest BCUT2D eigenvalue weighted by Gasteiger charge is 2.68. The Morgan fingerprint density at radius 2 is 1.97 bits per heavy atom. The lowest BCUT2D eigenvalue weighted by Gasteiger charge is -2.31. The molecule has 4 unspecified atom stereocenters. The van der Waals surface area contributed by atoms with E-state index in [1.165, 1.54) is 16.2 Å². The summed E-state index contributed by atoms with van der Waals surface area (Å²) in [6.07, 6.45) is 2.52. The number of hydrogen-bond acceptors (Lipinski definition) is 7. The molecule has 2 saturated heterocycles. The van der Waals surface area contributed by atoms with Crippen LogP contribution in [0.15, 0.2) is 54.0 Å². The second-order valence-electron chi connectivity index (χ2n) is 9.07. The zero-order valence-corrected chi connectivity index (χ0v) is 20.2. The van der Waals surface area contributed by atoms with E-state index in [0.29, 0.717) is 11.6 Å². The molecule has 3 aromatic rings. The third-order valence-corrected chi connectivity index (χ3v) is 7.81. The van der Waals surface area contributed by atoms with Gasteiger partial charge in [-0.15, -0.1) is 11.3 Å². The number of amides is 2. The molecule has 2 aromatic carbocycles. The van der Waals surface area contributed by atoms with Crippen molar-refractivity contribution in [2.24, 2.45) is 11.8 Å². The molecular formula is C26H27N3O5S. The van der Waals surface area contributed by atoms with Crippen LogP contribution in [0.5, 0.6) is 0 Å². The van der Waals surface area contributed by atoms with E-state index in [2.05, 4.69) is 10.3 Å². The summed E-state index contributed by atoms with van der Waals surface area (Å²) in [4.78, 5) is 45.6. The van der Waals surface area contributed by atoms with Crippen LogP contribution in [0.3, 0.4) is 0 Å². The van der Waals surface area contributed by atoms with Crippen LogP contribution >= 0.6 is 11.3 Å². The van der Waals surface area contributed by atoms with Crippen LogP contribution in [0.25, 0.3) is 10.8 Å². The minimum absolute atomic E-state index is 0.0649. The summed E-state index contributed by atoms with van der Waals surface area (Å²) < 4.78 is 5.51. The highest BCUT2D eigenvalue weighted by Crippen LogP contribution is 2.50. The first-order chi connectivity index (χ1) is 17.0. The number of benzene rings is 2. The summed E-state index contributed by atoms with van der Waals surface area (Å²) in [5.41, 5.74) is -0.864. The highest BCUT2D eigenvalue weighted by atomic mass is 32.1. The summed E-state index contributed by atoms with van der Waals surface area (Å²) in [6.45, 7) is 2.86. The molecule has 0 aliphatic carbocycles. The lowest BCUT2D eigenvalue weighted by Crippen LogP contribution is -2.57. The molecule has 2 amide bonds. The molecule has 2 fully saturated rings. The maximum atomic E-state index is 13.6. The van der Waals surface area contributed by atoms with Gasteiger partial charge in [0.15, 0.2) is 0 Å². The molecule has 2 aliphatic rings. The third kappa shape index (κ3) is 4.03. The van der Waals surface area contributed by atoms with E-state index < -0.39 is 35.3 Å². The standard InChI is InChI=1S/C26H27N3O5S/c1-2-11-34-12-10-29-23(30)19-20(24(29)31)26(25(32)33,28-21(19)22-27-9-13-35-22)15-16-7-8-17-5-3-4-6-18(17)14-16/h3-9,13-14,19-21,28H,2,10-12,15H2,1H3,(H,32,33). The average molecular weight is 494 g/mol. The van der Waals surface area contributed by atoms with E-state index in [1.807, 2.05) is 49.4 Å². The van der Waals surface area contributed by atoms with Gasteiger partial charge in [-0.1, -0.05) is 49.4 Å². The van der Waals surface area contributed by atoms with Crippen molar-refractivity contribution in [3.05, 3.63) is 64.6 Å². The lowest BCUT2D eigenvalue weighted by atomic mass is 9.76. The molecule has 182 valence electrons. The summed E-state index contributed by atoms with van der Waals surface area (Å²) in [6, 6.07) is 13.0. The van der Waals surface area contributed by atoms with Gasteiger partial charge >= 0.3 is 5.97 Å². The van der Waals surface area contributed by atoms with E-state index in [0.717, 1.165) is 22.8 Å². The van der Waals surface area contributed by atoms with Gasteiger partial charge in [-0.3, -0.25) is 24.6 Å². The molecule has 5 rings (SSSR count). The van der Waals surface area contributed by atoms with E-state index in [4.69, 9.17) is 4.74 Å². The van der Waals surface area contributed by atoms with Crippen LogP contribution in [0.2, 0.25) is 0 Å². The van der Waals surface area contributed by atoms with Crippen molar-refractivity contribution < 1.29 is 24.2 Å². The molecule has 2 N–H and O–H groups in total. The zero-order valence-electron chi connectivity index (χ0n) is 19.3. The first-order valence-corrected chi connectivity index (χ1v) is 12.7. The monoisotopic (exact) mass is 493 g/mol. The van der Waals surface area contributed by atoms with Crippen LogP contribution in [0.4, 0.5) is 0 Å². The first kappa shape index (κ1) is 23.6. The number of imide groups is 1. The number of fused-ring (bicyclic) bond motifs is 2. The maximum Gasteiger partial charge on any atom is 0.325 e. The van der Waals surface area contributed by atoms with Gasteiger partial charge in [-0.05, 0) is 22.8 Å². The number of rotatable bonds is 9. The summed E-state index contributed by atoms with van der Waals surface area (Å²) in [7, 11) is 0. The number of nitrogens with one attached hydrogen (secondary N) is 1. The van der Waals surface area contributed by atoms with Gasteiger partial charge in [-0.25, -0.2) is 4.98 Å². The second-order valence-corrected chi connectivity index (χ2v) is 10.00. The van der Waals surface area contributed by atoms with E-state index in [9.17, 15) is 19.5 Å². The number of hydrogen-bond donors (Lipinski definition) is 2. The minimum Gasteiger partial charge on any atom is -0.480 e. The van der Waals surface area contributed by atoms with E-state index in [-0.39, 0.29) is 25.5 Å². The normalized spacial score (nSPS) is 26.0.